The lowest BCUT2D eigenvalue weighted by atomic mass is 10.0. The maximum atomic E-state index is 11.8. The van der Waals surface area contributed by atoms with Crippen LogP contribution in [0.3, 0.4) is 0 Å². The van der Waals surface area contributed by atoms with Crippen molar-refractivity contribution < 1.29 is 14.7 Å². The van der Waals surface area contributed by atoms with Crippen LogP contribution < -0.4 is 11.1 Å². The Kier molecular flexibility index (Phi) is 3.99. The average Bonchev–Trinajstić information content (AvgIpc) is 2.80. The molecule has 1 heterocycles. The van der Waals surface area contributed by atoms with Gasteiger partial charge in [-0.15, -0.1) is 0 Å². The van der Waals surface area contributed by atoms with Gasteiger partial charge in [0.2, 0.25) is 5.91 Å². The third kappa shape index (κ3) is 3.43. The average molecular weight is 263 g/mol. The fourth-order valence-electron chi connectivity index (χ4n) is 2.39. The van der Waals surface area contributed by atoms with Crippen molar-refractivity contribution in [2.45, 2.75) is 31.7 Å². The van der Waals surface area contributed by atoms with Crippen molar-refractivity contribution in [2.24, 2.45) is 5.92 Å². The number of anilines is 1. The number of amides is 1. The van der Waals surface area contributed by atoms with Crippen molar-refractivity contribution in [1.82, 2.24) is 10.3 Å². The number of carbonyl (C=O) groups is 2. The predicted octanol–water partition coefficient (Wildman–Crippen LogP) is 0.576. The highest BCUT2D eigenvalue weighted by Crippen LogP contribution is 2.25. The first-order chi connectivity index (χ1) is 9.06. The Balaban J connectivity index is 1.90. The molecular weight excluding hydrogens is 246 g/mol. The summed E-state index contributed by atoms with van der Waals surface area (Å²) in [7, 11) is 0. The fourth-order valence-corrected chi connectivity index (χ4v) is 2.39. The molecule has 0 aliphatic heterocycles. The number of pyridine rings is 1. The Hall–Kier alpha value is -2.11. The van der Waals surface area contributed by atoms with Gasteiger partial charge >= 0.3 is 5.97 Å². The van der Waals surface area contributed by atoms with Crippen LogP contribution in [0.1, 0.15) is 25.0 Å². The molecule has 1 aliphatic rings. The third-order valence-corrected chi connectivity index (χ3v) is 3.37. The number of carboxylic acids is 1. The van der Waals surface area contributed by atoms with Gasteiger partial charge in [-0.1, -0.05) is 6.42 Å². The van der Waals surface area contributed by atoms with E-state index in [0.717, 1.165) is 12.8 Å². The topological polar surface area (TPSA) is 105 Å². The van der Waals surface area contributed by atoms with Crippen LogP contribution in [0.5, 0.6) is 0 Å². The number of aliphatic carboxylic acids is 1. The SMILES string of the molecule is Nc1ccc(CC(=O)NC2CCCC2C(=O)O)nc1. The first kappa shape index (κ1) is 13.3. The summed E-state index contributed by atoms with van der Waals surface area (Å²) in [5.74, 6) is -1.51. The molecule has 1 amide bonds. The van der Waals surface area contributed by atoms with Gasteiger partial charge in [-0.25, -0.2) is 0 Å². The highest BCUT2D eigenvalue weighted by atomic mass is 16.4. The number of rotatable bonds is 4. The third-order valence-electron chi connectivity index (χ3n) is 3.37. The highest BCUT2D eigenvalue weighted by molar-refractivity contribution is 5.80. The number of hydrogen-bond acceptors (Lipinski definition) is 4. The van der Waals surface area contributed by atoms with Gasteiger partial charge in [0.05, 0.1) is 24.2 Å². The molecule has 1 aromatic heterocycles. The molecule has 2 atom stereocenters. The number of nitrogens with two attached hydrogens (primary N) is 1. The zero-order valence-electron chi connectivity index (χ0n) is 10.5. The van der Waals surface area contributed by atoms with Gasteiger partial charge in [0.15, 0.2) is 0 Å². The smallest absolute Gasteiger partial charge is 0.308 e. The summed E-state index contributed by atoms with van der Waals surface area (Å²) in [5, 5.41) is 11.8. The van der Waals surface area contributed by atoms with Crippen molar-refractivity contribution in [2.75, 3.05) is 5.73 Å². The molecule has 1 saturated carbocycles. The Morgan fingerprint density at radius 1 is 1.42 bits per heavy atom. The molecule has 1 aromatic rings. The van der Waals surface area contributed by atoms with E-state index in [-0.39, 0.29) is 18.4 Å². The van der Waals surface area contributed by atoms with Crippen molar-refractivity contribution >= 4 is 17.6 Å². The van der Waals surface area contributed by atoms with Crippen LogP contribution in [0.4, 0.5) is 5.69 Å². The van der Waals surface area contributed by atoms with Crippen molar-refractivity contribution in [3.8, 4) is 0 Å². The molecule has 0 bridgehead atoms. The van der Waals surface area contributed by atoms with Crippen molar-refractivity contribution in [3.63, 3.8) is 0 Å². The van der Waals surface area contributed by atoms with Crippen LogP contribution in [0.25, 0.3) is 0 Å². The Labute approximate surface area is 111 Å². The Morgan fingerprint density at radius 3 is 2.84 bits per heavy atom. The van der Waals surface area contributed by atoms with Crippen LogP contribution in [0.15, 0.2) is 18.3 Å². The second kappa shape index (κ2) is 5.69. The number of hydrogen-bond donors (Lipinski definition) is 3. The second-order valence-electron chi connectivity index (χ2n) is 4.81. The molecule has 2 unspecified atom stereocenters. The zero-order valence-corrected chi connectivity index (χ0v) is 10.5. The van der Waals surface area contributed by atoms with Gasteiger partial charge < -0.3 is 16.2 Å². The lowest BCUT2D eigenvalue weighted by Gasteiger charge is -2.17. The number of aromatic nitrogens is 1. The molecule has 1 fully saturated rings. The first-order valence-corrected chi connectivity index (χ1v) is 6.29. The molecule has 0 spiro atoms. The zero-order chi connectivity index (χ0) is 13.8. The van der Waals surface area contributed by atoms with Gasteiger partial charge in [0.25, 0.3) is 0 Å². The Morgan fingerprint density at radius 2 is 2.21 bits per heavy atom. The lowest BCUT2D eigenvalue weighted by Crippen LogP contribution is -2.40. The fraction of sp³-hybridized carbons (Fsp3) is 0.462. The van der Waals surface area contributed by atoms with Crippen LogP contribution in [0.2, 0.25) is 0 Å². The molecule has 102 valence electrons. The maximum absolute atomic E-state index is 11.8. The summed E-state index contributed by atoms with van der Waals surface area (Å²) in [6, 6.07) is 3.11. The lowest BCUT2D eigenvalue weighted by molar-refractivity contribution is -0.142. The van der Waals surface area contributed by atoms with E-state index in [1.54, 1.807) is 12.1 Å². The summed E-state index contributed by atoms with van der Waals surface area (Å²) >= 11 is 0. The number of nitrogens with zero attached hydrogens (tertiary/aromatic N) is 1. The maximum Gasteiger partial charge on any atom is 0.308 e. The Bertz CT molecular complexity index is 473. The van der Waals surface area contributed by atoms with Crippen molar-refractivity contribution in [3.05, 3.63) is 24.0 Å². The summed E-state index contributed by atoms with van der Waals surface area (Å²) in [4.78, 5) is 26.9. The van der Waals surface area contributed by atoms with Gasteiger partial charge in [0, 0.05) is 11.7 Å². The predicted molar refractivity (Wildman–Crippen MR) is 69.3 cm³/mol. The molecule has 6 heteroatoms. The van der Waals surface area contributed by atoms with Crippen molar-refractivity contribution in [1.29, 1.82) is 0 Å². The summed E-state index contributed by atoms with van der Waals surface area (Å²) in [5.41, 5.74) is 6.68. The van der Waals surface area contributed by atoms with Crippen LogP contribution in [0, 0.1) is 5.92 Å². The monoisotopic (exact) mass is 263 g/mol. The van der Waals surface area contributed by atoms with E-state index in [1.807, 2.05) is 0 Å². The summed E-state index contributed by atoms with van der Waals surface area (Å²) in [6.07, 6.45) is 3.82. The second-order valence-corrected chi connectivity index (χ2v) is 4.81. The molecular formula is C13H17N3O3. The van der Waals surface area contributed by atoms with E-state index in [0.29, 0.717) is 17.8 Å². The minimum Gasteiger partial charge on any atom is -0.481 e. The number of nitrogen functional groups attached to an aromatic ring is 1. The largest absolute Gasteiger partial charge is 0.481 e. The van der Waals surface area contributed by atoms with Crippen LogP contribution in [-0.4, -0.2) is 28.0 Å². The molecule has 4 N–H and O–H groups in total. The van der Waals surface area contributed by atoms with Crippen LogP contribution in [-0.2, 0) is 16.0 Å². The summed E-state index contributed by atoms with van der Waals surface area (Å²) < 4.78 is 0. The minimum absolute atomic E-state index is 0.142. The molecule has 1 aliphatic carbocycles. The van der Waals surface area contributed by atoms with Gasteiger partial charge in [-0.3, -0.25) is 14.6 Å². The molecule has 19 heavy (non-hydrogen) atoms. The standard InChI is InChI=1S/C13H17N3O3/c14-8-4-5-9(15-7-8)6-12(17)16-11-3-1-2-10(11)13(18)19/h4-5,7,10-11H,1-3,6,14H2,(H,16,17)(H,18,19). The quantitative estimate of drug-likeness (QED) is 0.736. The molecule has 2 rings (SSSR count). The van der Waals surface area contributed by atoms with Crippen LogP contribution >= 0.6 is 0 Å². The number of carbonyl (C=O) groups excluding carboxylic acids is 1. The van der Waals surface area contributed by atoms with E-state index in [2.05, 4.69) is 10.3 Å². The van der Waals surface area contributed by atoms with E-state index >= 15 is 0 Å². The first-order valence-electron chi connectivity index (χ1n) is 6.29. The summed E-state index contributed by atoms with van der Waals surface area (Å²) in [6.45, 7) is 0. The molecule has 6 nitrogen and oxygen atoms in total. The van der Waals surface area contributed by atoms with Gasteiger partial charge in [-0.05, 0) is 25.0 Å². The number of nitrogens with one attached hydrogen (secondary N) is 1. The van der Waals surface area contributed by atoms with E-state index in [4.69, 9.17) is 10.8 Å². The van der Waals surface area contributed by atoms with E-state index < -0.39 is 11.9 Å². The van der Waals surface area contributed by atoms with Gasteiger partial charge in [-0.2, -0.15) is 0 Å². The minimum atomic E-state index is -0.839. The molecule has 0 saturated heterocycles. The van der Waals surface area contributed by atoms with E-state index in [9.17, 15) is 9.59 Å². The highest BCUT2D eigenvalue weighted by Gasteiger charge is 2.33. The normalized spacial score (nSPS) is 22.1. The van der Waals surface area contributed by atoms with Gasteiger partial charge in [0.1, 0.15) is 0 Å². The number of carboxylic acid groups (broad SMARTS) is 1. The molecule has 0 aromatic carbocycles. The van der Waals surface area contributed by atoms with E-state index in [1.165, 1.54) is 6.20 Å². The molecule has 0 radical (unpaired) electrons.